The summed E-state index contributed by atoms with van der Waals surface area (Å²) in [5.41, 5.74) is 2.21. The van der Waals surface area contributed by atoms with Crippen molar-refractivity contribution in [2.45, 2.75) is 64.0 Å². The summed E-state index contributed by atoms with van der Waals surface area (Å²) in [6.07, 6.45) is 10.4. The van der Waals surface area contributed by atoms with Gasteiger partial charge in [-0.05, 0) is 30.9 Å². The number of hydrogen-bond acceptors (Lipinski definition) is 8. The maximum absolute atomic E-state index is 12.7. The van der Waals surface area contributed by atoms with Crippen LogP contribution in [0.2, 0.25) is 0 Å². The van der Waals surface area contributed by atoms with Gasteiger partial charge in [0.15, 0.2) is 0 Å². The van der Waals surface area contributed by atoms with Crippen molar-refractivity contribution in [3.8, 4) is 0 Å². The van der Waals surface area contributed by atoms with E-state index in [4.69, 9.17) is 4.98 Å². The number of pyridine rings is 1. The van der Waals surface area contributed by atoms with Gasteiger partial charge in [-0.15, -0.1) is 0 Å². The summed E-state index contributed by atoms with van der Waals surface area (Å²) >= 11 is 0. The zero-order valence-corrected chi connectivity index (χ0v) is 21.5. The Hall–Kier alpha value is -2.94. The molecule has 1 aliphatic carbocycles. The van der Waals surface area contributed by atoms with Crippen LogP contribution in [0.15, 0.2) is 24.5 Å². The summed E-state index contributed by atoms with van der Waals surface area (Å²) in [4.78, 5) is 34.1. The van der Waals surface area contributed by atoms with E-state index in [0.29, 0.717) is 18.9 Å². The molecule has 4 aliphatic rings. The van der Waals surface area contributed by atoms with E-state index >= 15 is 0 Å². The van der Waals surface area contributed by atoms with Gasteiger partial charge in [0.1, 0.15) is 17.7 Å². The minimum atomic E-state index is -0.167. The maximum atomic E-state index is 12.7. The minimum absolute atomic E-state index is 0.00600. The van der Waals surface area contributed by atoms with Crippen LogP contribution in [0.5, 0.6) is 0 Å². The molecule has 36 heavy (non-hydrogen) atoms. The molecule has 2 unspecified atom stereocenters. The van der Waals surface area contributed by atoms with Gasteiger partial charge in [0.05, 0.1) is 17.4 Å². The molecule has 5 heterocycles. The van der Waals surface area contributed by atoms with Crippen LogP contribution in [0.3, 0.4) is 0 Å². The van der Waals surface area contributed by atoms with Crippen LogP contribution >= 0.6 is 0 Å². The Labute approximate surface area is 213 Å². The lowest BCUT2D eigenvalue weighted by atomic mass is 9.90. The number of carbonyl (C=O) groups excluding carboxylic acids is 1. The van der Waals surface area contributed by atoms with Gasteiger partial charge in [-0.2, -0.15) is 4.98 Å². The quantitative estimate of drug-likeness (QED) is 0.639. The number of nitrogens with zero attached hydrogens (tertiary/aromatic N) is 6. The molecular weight excluding hydrogens is 452 g/mol. The second-order valence-electron chi connectivity index (χ2n) is 11.1. The Morgan fingerprint density at radius 3 is 2.67 bits per heavy atom. The average Bonchev–Trinajstić information content (AvgIpc) is 3.53. The highest BCUT2D eigenvalue weighted by molar-refractivity contribution is 5.90. The molecule has 9 nitrogen and oxygen atoms in total. The second kappa shape index (κ2) is 9.50. The predicted molar refractivity (Wildman–Crippen MR) is 142 cm³/mol. The fraction of sp³-hybridized carbons (Fsp3) is 0.630. The highest BCUT2D eigenvalue weighted by Crippen LogP contribution is 2.45. The number of aromatic nitrogens is 3. The molecule has 6 rings (SSSR count). The highest BCUT2D eigenvalue weighted by Gasteiger charge is 2.52. The lowest BCUT2D eigenvalue weighted by Crippen LogP contribution is -2.66. The molecular formula is C27H38N8O. The van der Waals surface area contributed by atoms with Crippen LogP contribution in [-0.4, -0.2) is 76.6 Å². The Bertz CT molecular complexity index is 1090. The predicted octanol–water partition coefficient (Wildman–Crippen LogP) is 2.96. The standard InChI is InChI=1S/C27H38N8O/c1-3-19(2)17-33-10-12-34(13-11-33)21-6-7-23(28-16-21)31-26-29-15-20-14-22-25(36)30-18-27(8-4-5-9-27)35(22)24(20)32-26/h6-7,15-16,19,22H,3-5,8-14,17-18H2,1-2H3,(H,30,36)(H,28,29,31,32). The van der Waals surface area contributed by atoms with Crippen LogP contribution < -0.4 is 20.4 Å². The molecule has 192 valence electrons. The van der Waals surface area contributed by atoms with Gasteiger partial charge in [-0.3, -0.25) is 9.69 Å². The summed E-state index contributed by atoms with van der Waals surface area (Å²) in [6.45, 7) is 10.8. The third-order valence-electron chi connectivity index (χ3n) is 8.73. The van der Waals surface area contributed by atoms with Crippen molar-refractivity contribution < 1.29 is 4.79 Å². The molecule has 0 aromatic carbocycles. The normalized spacial score (nSPS) is 23.9. The third kappa shape index (κ3) is 4.27. The smallest absolute Gasteiger partial charge is 0.243 e. The van der Waals surface area contributed by atoms with E-state index < -0.39 is 0 Å². The number of anilines is 4. The minimum Gasteiger partial charge on any atom is -0.368 e. The molecule has 2 aromatic heterocycles. The van der Waals surface area contributed by atoms with Gasteiger partial charge in [-0.25, -0.2) is 9.97 Å². The Morgan fingerprint density at radius 1 is 1.14 bits per heavy atom. The molecule has 2 saturated heterocycles. The van der Waals surface area contributed by atoms with Crippen molar-refractivity contribution in [2.24, 2.45) is 5.92 Å². The van der Waals surface area contributed by atoms with E-state index in [1.54, 1.807) is 0 Å². The van der Waals surface area contributed by atoms with E-state index in [0.717, 1.165) is 67.8 Å². The Kier molecular flexibility index (Phi) is 6.19. The van der Waals surface area contributed by atoms with Crippen LogP contribution in [0.1, 0.15) is 51.5 Å². The number of hydrogen-bond donors (Lipinski definition) is 2. The molecule has 0 radical (unpaired) electrons. The fourth-order valence-electron chi connectivity index (χ4n) is 6.45. The number of amides is 1. The number of rotatable bonds is 6. The first-order valence-electron chi connectivity index (χ1n) is 13.7. The molecule has 9 heteroatoms. The second-order valence-corrected chi connectivity index (χ2v) is 11.1. The lowest BCUT2D eigenvalue weighted by Gasteiger charge is -2.47. The van der Waals surface area contributed by atoms with E-state index in [1.165, 1.54) is 25.8 Å². The van der Waals surface area contributed by atoms with E-state index in [1.807, 2.05) is 18.5 Å². The van der Waals surface area contributed by atoms with E-state index in [9.17, 15) is 4.79 Å². The number of carbonyl (C=O) groups is 1. The first kappa shape index (κ1) is 23.5. The molecule has 0 bridgehead atoms. The molecule has 2 atom stereocenters. The molecule has 2 N–H and O–H groups in total. The monoisotopic (exact) mass is 490 g/mol. The average molecular weight is 491 g/mol. The molecule has 1 saturated carbocycles. The first-order chi connectivity index (χ1) is 17.5. The van der Waals surface area contributed by atoms with E-state index in [2.05, 4.69) is 55.2 Å². The molecule has 1 spiro atoms. The first-order valence-corrected chi connectivity index (χ1v) is 13.7. The number of nitrogens with one attached hydrogen (secondary N) is 2. The summed E-state index contributed by atoms with van der Waals surface area (Å²) in [5.74, 6) is 3.05. The van der Waals surface area contributed by atoms with Gasteiger partial charge >= 0.3 is 0 Å². The summed E-state index contributed by atoms with van der Waals surface area (Å²) < 4.78 is 0. The van der Waals surface area contributed by atoms with Gasteiger partial charge < -0.3 is 20.4 Å². The van der Waals surface area contributed by atoms with Crippen molar-refractivity contribution in [2.75, 3.05) is 54.4 Å². The summed E-state index contributed by atoms with van der Waals surface area (Å²) in [5, 5.41) is 6.46. The van der Waals surface area contributed by atoms with Gasteiger partial charge in [-0.1, -0.05) is 33.1 Å². The molecule has 3 aliphatic heterocycles. The Morgan fingerprint density at radius 2 is 1.94 bits per heavy atom. The van der Waals surface area contributed by atoms with Crippen LogP contribution in [0.4, 0.5) is 23.3 Å². The van der Waals surface area contributed by atoms with Crippen molar-refractivity contribution in [1.82, 2.24) is 25.2 Å². The van der Waals surface area contributed by atoms with Crippen LogP contribution in [0, 0.1) is 5.92 Å². The van der Waals surface area contributed by atoms with Crippen LogP contribution in [-0.2, 0) is 11.2 Å². The van der Waals surface area contributed by atoms with Crippen molar-refractivity contribution in [1.29, 1.82) is 0 Å². The van der Waals surface area contributed by atoms with Crippen molar-refractivity contribution in [3.63, 3.8) is 0 Å². The summed E-state index contributed by atoms with van der Waals surface area (Å²) in [6, 6.07) is 3.97. The Balaban J connectivity index is 1.13. The van der Waals surface area contributed by atoms with Gasteiger partial charge in [0.2, 0.25) is 11.9 Å². The maximum Gasteiger partial charge on any atom is 0.243 e. The number of fused-ring (bicyclic) bond motifs is 4. The zero-order valence-electron chi connectivity index (χ0n) is 21.5. The number of piperazine rings is 2. The zero-order chi connectivity index (χ0) is 24.7. The van der Waals surface area contributed by atoms with Gasteiger partial charge in [0, 0.05) is 57.4 Å². The van der Waals surface area contributed by atoms with E-state index in [-0.39, 0.29) is 17.5 Å². The third-order valence-corrected chi connectivity index (χ3v) is 8.73. The fourth-order valence-corrected chi connectivity index (χ4v) is 6.45. The molecule has 2 aromatic rings. The molecule has 1 amide bonds. The van der Waals surface area contributed by atoms with Crippen molar-refractivity contribution in [3.05, 3.63) is 30.1 Å². The SMILES string of the molecule is CCC(C)CN1CCN(c2ccc(Nc3ncc4c(n3)N3C(C4)C(=O)NCC34CCCC4)nc2)CC1. The van der Waals surface area contributed by atoms with Crippen LogP contribution in [0.25, 0.3) is 0 Å². The molecule has 3 fully saturated rings. The van der Waals surface area contributed by atoms with Gasteiger partial charge in [0.25, 0.3) is 0 Å². The topological polar surface area (TPSA) is 89.5 Å². The largest absolute Gasteiger partial charge is 0.368 e. The summed E-state index contributed by atoms with van der Waals surface area (Å²) in [7, 11) is 0. The highest BCUT2D eigenvalue weighted by atomic mass is 16.2. The lowest BCUT2D eigenvalue weighted by molar-refractivity contribution is -0.124. The van der Waals surface area contributed by atoms with Crippen molar-refractivity contribution >= 4 is 29.2 Å².